The topological polar surface area (TPSA) is 65.6 Å². The van der Waals surface area contributed by atoms with Gasteiger partial charge in [0.2, 0.25) is 0 Å². The predicted molar refractivity (Wildman–Crippen MR) is 160 cm³/mol. The fraction of sp³-hybridized carbons (Fsp3) is 0.156. The zero-order chi connectivity index (χ0) is 28.0. The highest BCUT2D eigenvalue weighted by molar-refractivity contribution is 7.07. The van der Waals surface area contributed by atoms with Gasteiger partial charge in [-0.1, -0.05) is 83.6 Å². The number of nitrogens with zero attached hydrogens (tertiary/aromatic N) is 3. The number of carbonyl (C=O) groups excluding carboxylic acids is 1. The molecule has 0 saturated heterocycles. The lowest BCUT2D eigenvalue weighted by molar-refractivity contribution is -0.138. The number of ether oxygens (including phenoxy) is 1. The molecule has 1 aliphatic heterocycles. The number of esters is 1. The van der Waals surface area contributed by atoms with E-state index in [1.807, 2.05) is 74.6 Å². The molecule has 0 saturated carbocycles. The highest BCUT2D eigenvalue weighted by Gasteiger charge is 2.35. The van der Waals surface area contributed by atoms with Gasteiger partial charge in [0, 0.05) is 39.8 Å². The van der Waals surface area contributed by atoms with Crippen LogP contribution in [0.15, 0.2) is 94.2 Å². The third-order valence-electron chi connectivity index (χ3n) is 7.28. The standard InChI is InChI=1S/C32H26ClN3O3S/c1-4-39-31(38)27-28(20-10-6-5-7-11-20)34-32-36(29(27)21-14-16-22(33)17-15-21)30(37)26(40-32)18-24-19(2)35(3)25-13-9-8-12-23(24)25/h5-18,29H,4H2,1-3H3/b26-18-/t29-/m0/s1. The third kappa shape index (κ3) is 4.31. The number of benzene rings is 3. The number of para-hydroxylation sites is 1. The third-order valence-corrected chi connectivity index (χ3v) is 8.52. The van der Waals surface area contributed by atoms with Gasteiger partial charge in [-0.3, -0.25) is 9.36 Å². The van der Waals surface area contributed by atoms with Crippen LogP contribution in [-0.2, 0) is 16.6 Å². The average molecular weight is 568 g/mol. The van der Waals surface area contributed by atoms with Crippen LogP contribution in [0.1, 0.15) is 35.3 Å². The highest BCUT2D eigenvalue weighted by atomic mass is 35.5. The van der Waals surface area contributed by atoms with Crippen molar-refractivity contribution in [1.82, 2.24) is 9.13 Å². The molecule has 200 valence electrons. The Bertz CT molecular complexity index is 1980. The molecule has 0 amide bonds. The predicted octanol–water partition coefficient (Wildman–Crippen LogP) is 5.39. The van der Waals surface area contributed by atoms with Crippen molar-refractivity contribution in [2.75, 3.05) is 6.61 Å². The maximum Gasteiger partial charge on any atom is 0.338 e. The van der Waals surface area contributed by atoms with Gasteiger partial charge in [0.15, 0.2) is 4.80 Å². The van der Waals surface area contributed by atoms with E-state index in [2.05, 4.69) is 16.7 Å². The van der Waals surface area contributed by atoms with Crippen LogP contribution in [0.4, 0.5) is 0 Å². The number of carbonyl (C=O) groups is 1. The Balaban J connectivity index is 1.67. The van der Waals surface area contributed by atoms with Gasteiger partial charge in [0.05, 0.1) is 28.5 Å². The van der Waals surface area contributed by atoms with Crippen LogP contribution in [0.3, 0.4) is 0 Å². The number of hydrogen-bond donors (Lipinski definition) is 0. The summed E-state index contributed by atoms with van der Waals surface area (Å²) in [5.74, 6) is -0.510. The summed E-state index contributed by atoms with van der Waals surface area (Å²) >= 11 is 7.54. The molecule has 0 fully saturated rings. The zero-order valence-corrected chi connectivity index (χ0v) is 23.8. The van der Waals surface area contributed by atoms with E-state index in [4.69, 9.17) is 21.3 Å². The first-order valence-electron chi connectivity index (χ1n) is 13.0. The number of aryl methyl sites for hydroxylation is 1. The van der Waals surface area contributed by atoms with Gasteiger partial charge < -0.3 is 9.30 Å². The van der Waals surface area contributed by atoms with Crippen molar-refractivity contribution in [3.63, 3.8) is 0 Å². The number of fused-ring (bicyclic) bond motifs is 2. The summed E-state index contributed by atoms with van der Waals surface area (Å²) in [6.07, 6.45) is 1.94. The summed E-state index contributed by atoms with van der Waals surface area (Å²) in [5.41, 5.74) is 5.23. The largest absolute Gasteiger partial charge is 0.463 e. The SMILES string of the molecule is CCOC(=O)C1=C(c2ccccc2)N=c2s/c(=C\c3c(C)n(C)c4ccccc34)c(=O)n2[C@H]1c1ccc(Cl)cc1. The van der Waals surface area contributed by atoms with E-state index in [1.165, 1.54) is 11.3 Å². The van der Waals surface area contributed by atoms with Crippen molar-refractivity contribution in [3.8, 4) is 0 Å². The minimum atomic E-state index is -0.737. The van der Waals surface area contributed by atoms with Crippen molar-refractivity contribution < 1.29 is 9.53 Å². The highest BCUT2D eigenvalue weighted by Crippen LogP contribution is 2.35. The monoisotopic (exact) mass is 567 g/mol. The van der Waals surface area contributed by atoms with E-state index in [9.17, 15) is 9.59 Å². The first kappa shape index (κ1) is 26.0. The van der Waals surface area contributed by atoms with Crippen molar-refractivity contribution in [2.45, 2.75) is 19.9 Å². The van der Waals surface area contributed by atoms with Gasteiger partial charge in [-0.05, 0) is 43.7 Å². The van der Waals surface area contributed by atoms with Gasteiger partial charge >= 0.3 is 5.97 Å². The van der Waals surface area contributed by atoms with E-state index in [0.717, 1.165) is 33.3 Å². The molecule has 6 nitrogen and oxygen atoms in total. The molecule has 0 unspecified atom stereocenters. The minimum Gasteiger partial charge on any atom is -0.463 e. The maximum atomic E-state index is 14.2. The lowest BCUT2D eigenvalue weighted by Crippen LogP contribution is -2.40. The zero-order valence-electron chi connectivity index (χ0n) is 22.2. The van der Waals surface area contributed by atoms with Crippen LogP contribution >= 0.6 is 22.9 Å². The molecular weight excluding hydrogens is 542 g/mol. The molecule has 1 atom stereocenters. The van der Waals surface area contributed by atoms with Crippen LogP contribution in [0.2, 0.25) is 5.02 Å². The second kappa shape index (κ2) is 10.4. The van der Waals surface area contributed by atoms with E-state index in [1.54, 1.807) is 23.6 Å². The molecular formula is C32H26ClN3O3S. The van der Waals surface area contributed by atoms with E-state index >= 15 is 0 Å². The Morgan fingerprint density at radius 2 is 1.75 bits per heavy atom. The normalized spacial score (nSPS) is 15.3. The fourth-order valence-corrected chi connectivity index (χ4v) is 6.37. The second-order valence-electron chi connectivity index (χ2n) is 9.56. The Hall–Kier alpha value is -4.20. The summed E-state index contributed by atoms with van der Waals surface area (Å²) < 4.78 is 9.80. The molecule has 3 aromatic carbocycles. The molecule has 0 radical (unpaired) electrons. The van der Waals surface area contributed by atoms with Gasteiger partial charge in [-0.15, -0.1) is 0 Å². The Morgan fingerprint density at radius 3 is 2.48 bits per heavy atom. The van der Waals surface area contributed by atoms with Gasteiger partial charge in [-0.25, -0.2) is 9.79 Å². The molecule has 0 spiro atoms. The first-order chi connectivity index (χ1) is 19.4. The summed E-state index contributed by atoms with van der Waals surface area (Å²) in [6.45, 7) is 4.01. The minimum absolute atomic E-state index is 0.197. The quantitative estimate of drug-likeness (QED) is 0.268. The molecule has 0 N–H and O–H groups in total. The number of halogens is 1. The maximum absolute atomic E-state index is 14.2. The van der Waals surface area contributed by atoms with E-state index < -0.39 is 12.0 Å². The molecule has 2 aromatic heterocycles. The van der Waals surface area contributed by atoms with Crippen LogP contribution in [0.5, 0.6) is 0 Å². The Kier molecular flexibility index (Phi) is 6.78. The van der Waals surface area contributed by atoms with E-state index in [0.29, 0.717) is 25.6 Å². The first-order valence-corrected chi connectivity index (χ1v) is 14.2. The molecule has 0 aliphatic carbocycles. The lowest BCUT2D eigenvalue weighted by Gasteiger charge is -2.25. The second-order valence-corrected chi connectivity index (χ2v) is 11.0. The summed E-state index contributed by atoms with van der Waals surface area (Å²) in [5, 5.41) is 1.63. The number of hydrogen-bond acceptors (Lipinski definition) is 5. The molecule has 8 heteroatoms. The Labute approximate surface area is 239 Å². The molecule has 3 heterocycles. The van der Waals surface area contributed by atoms with Crippen molar-refractivity contribution in [1.29, 1.82) is 0 Å². The molecule has 1 aliphatic rings. The van der Waals surface area contributed by atoms with E-state index in [-0.39, 0.29) is 12.2 Å². The molecule has 6 rings (SSSR count). The van der Waals surface area contributed by atoms with Gasteiger partial charge in [-0.2, -0.15) is 0 Å². The van der Waals surface area contributed by atoms with Crippen LogP contribution in [-0.4, -0.2) is 21.7 Å². The van der Waals surface area contributed by atoms with Gasteiger partial charge in [0.1, 0.15) is 0 Å². The number of thiazole rings is 1. The summed E-state index contributed by atoms with van der Waals surface area (Å²) in [6, 6.07) is 24.1. The van der Waals surface area contributed by atoms with Crippen LogP contribution in [0.25, 0.3) is 22.7 Å². The van der Waals surface area contributed by atoms with Crippen molar-refractivity contribution >= 4 is 51.6 Å². The van der Waals surface area contributed by atoms with Crippen LogP contribution < -0.4 is 14.9 Å². The lowest BCUT2D eigenvalue weighted by atomic mass is 9.93. The van der Waals surface area contributed by atoms with Crippen molar-refractivity contribution in [3.05, 3.63) is 132 Å². The number of aromatic nitrogens is 2. The van der Waals surface area contributed by atoms with Crippen molar-refractivity contribution in [2.24, 2.45) is 12.0 Å². The summed E-state index contributed by atoms with van der Waals surface area (Å²) in [4.78, 5) is 33.2. The molecule has 0 bridgehead atoms. The smallest absolute Gasteiger partial charge is 0.338 e. The van der Waals surface area contributed by atoms with Gasteiger partial charge in [0.25, 0.3) is 5.56 Å². The average Bonchev–Trinajstić information content (AvgIpc) is 3.41. The summed E-state index contributed by atoms with van der Waals surface area (Å²) in [7, 11) is 2.02. The molecule has 5 aromatic rings. The number of rotatable bonds is 5. The Morgan fingerprint density at radius 1 is 1.05 bits per heavy atom. The molecule has 40 heavy (non-hydrogen) atoms. The fourth-order valence-electron chi connectivity index (χ4n) is 5.26. The van der Waals surface area contributed by atoms with Crippen LogP contribution in [0, 0.1) is 6.92 Å².